The molecule has 9 heteroatoms. The summed E-state index contributed by atoms with van der Waals surface area (Å²) in [4.78, 5) is 42.0. The van der Waals surface area contributed by atoms with Crippen LogP contribution in [0.5, 0.6) is 0 Å². The van der Waals surface area contributed by atoms with Crippen LogP contribution in [0.3, 0.4) is 0 Å². The number of carbonyl (C=O) groups is 3. The molecule has 3 aliphatic heterocycles. The van der Waals surface area contributed by atoms with Crippen LogP contribution in [0, 0.1) is 11.8 Å². The van der Waals surface area contributed by atoms with Crippen LogP contribution in [0.4, 0.5) is 5.69 Å². The number of nitrogens with zero attached hydrogens (tertiary/aromatic N) is 1. The van der Waals surface area contributed by atoms with Crippen LogP contribution in [-0.4, -0.2) is 64.8 Å². The first-order valence-corrected chi connectivity index (χ1v) is 12.5. The topological polar surface area (TPSA) is 105 Å². The van der Waals surface area contributed by atoms with Gasteiger partial charge in [-0.3, -0.25) is 14.4 Å². The highest BCUT2D eigenvalue weighted by Gasteiger charge is 2.78. The van der Waals surface area contributed by atoms with Crippen LogP contribution in [0.15, 0.2) is 24.3 Å². The molecule has 1 aromatic carbocycles. The van der Waals surface area contributed by atoms with E-state index in [2.05, 4.69) is 5.32 Å². The fraction of sp³-hybridized carbons (Fsp3) is 0.640. The molecule has 1 spiro atoms. The molecule has 34 heavy (non-hydrogen) atoms. The maximum atomic E-state index is 13.8. The van der Waals surface area contributed by atoms with Gasteiger partial charge in [0.15, 0.2) is 0 Å². The van der Waals surface area contributed by atoms with Crippen molar-refractivity contribution in [3.8, 4) is 0 Å². The lowest BCUT2D eigenvalue weighted by molar-refractivity contribution is -0.158. The van der Waals surface area contributed by atoms with Crippen molar-refractivity contribution >= 4 is 35.1 Å². The van der Waals surface area contributed by atoms with Crippen LogP contribution < -0.4 is 5.32 Å². The highest BCUT2D eigenvalue weighted by molar-refractivity contribution is 6.33. The largest absolute Gasteiger partial charge is 0.466 e. The molecule has 2 unspecified atom stereocenters. The molecule has 3 saturated heterocycles. The number of fused-ring (bicyclic) bond motifs is 1. The standard InChI is InChI=1S/C25H33ClN2O6/c1-3-33-23(32)19-18-22(31)28(14-8-4-5-9-15-29)20(25(18)13-12-24(19,2)34-25)21(30)27-17-11-7-6-10-16(17)26/h6-7,10-11,18-20,29H,3-5,8-9,12-15H2,1-2H3,(H,27,30)/t18-,19-,20?,24+,25?/m0/s1. The number of hydrogen-bond donors (Lipinski definition) is 2. The van der Waals surface area contributed by atoms with Gasteiger partial charge in [-0.1, -0.05) is 36.6 Å². The van der Waals surface area contributed by atoms with Crippen LogP contribution in [0.2, 0.25) is 5.02 Å². The molecular weight excluding hydrogens is 460 g/mol. The number of nitrogens with one attached hydrogen (secondary N) is 1. The Bertz CT molecular complexity index is 957. The molecule has 2 N–H and O–H groups in total. The first-order valence-electron chi connectivity index (χ1n) is 12.1. The van der Waals surface area contributed by atoms with Gasteiger partial charge in [-0.2, -0.15) is 0 Å². The van der Waals surface area contributed by atoms with E-state index in [1.807, 2.05) is 6.92 Å². The van der Waals surface area contributed by atoms with Crippen molar-refractivity contribution in [2.75, 3.05) is 25.1 Å². The van der Waals surface area contributed by atoms with E-state index in [1.165, 1.54) is 0 Å². The number of likely N-dealkylation sites (tertiary alicyclic amines) is 1. The first-order chi connectivity index (χ1) is 16.3. The van der Waals surface area contributed by atoms with Crippen molar-refractivity contribution in [3.63, 3.8) is 0 Å². The summed E-state index contributed by atoms with van der Waals surface area (Å²) in [7, 11) is 0. The lowest BCUT2D eigenvalue weighted by Gasteiger charge is -2.33. The number of esters is 1. The third kappa shape index (κ3) is 4.10. The van der Waals surface area contributed by atoms with E-state index in [9.17, 15) is 14.4 Å². The molecule has 3 fully saturated rings. The van der Waals surface area contributed by atoms with E-state index in [-0.39, 0.29) is 25.0 Å². The zero-order chi connectivity index (χ0) is 24.5. The normalized spacial score (nSPS) is 31.6. The molecule has 4 rings (SSSR count). The molecule has 8 nitrogen and oxygen atoms in total. The summed E-state index contributed by atoms with van der Waals surface area (Å²) in [6.45, 7) is 4.30. The Kier molecular flexibility index (Phi) is 7.22. The number of aliphatic hydroxyl groups is 1. The summed E-state index contributed by atoms with van der Waals surface area (Å²) in [5.41, 5.74) is -1.47. The van der Waals surface area contributed by atoms with E-state index in [1.54, 1.807) is 36.1 Å². The molecule has 186 valence electrons. The number of halogens is 1. The van der Waals surface area contributed by atoms with Crippen LogP contribution in [0.1, 0.15) is 52.4 Å². The Morgan fingerprint density at radius 1 is 1.24 bits per heavy atom. The number of aliphatic hydroxyl groups excluding tert-OH is 1. The molecule has 0 saturated carbocycles. The van der Waals surface area contributed by atoms with Gasteiger partial charge in [0.25, 0.3) is 0 Å². The molecule has 2 amide bonds. The Labute approximate surface area is 204 Å². The quantitative estimate of drug-likeness (QED) is 0.384. The van der Waals surface area contributed by atoms with Gasteiger partial charge in [0, 0.05) is 13.2 Å². The molecule has 3 aliphatic rings. The van der Waals surface area contributed by atoms with Crippen molar-refractivity contribution in [3.05, 3.63) is 29.3 Å². The predicted octanol–water partition coefficient (Wildman–Crippen LogP) is 3.16. The second-order valence-electron chi connectivity index (χ2n) is 9.62. The highest BCUT2D eigenvalue weighted by Crippen LogP contribution is 2.63. The van der Waals surface area contributed by atoms with Gasteiger partial charge in [-0.25, -0.2) is 0 Å². The number of anilines is 1. The van der Waals surface area contributed by atoms with Gasteiger partial charge in [0.1, 0.15) is 17.6 Å². The fourth-order valence-corrected chi connectivity index (χ4v) is 6.25. The summed E-state index contributed by atoms with van der Waals surface area (Å²) < 4.78 is 11.8. The molecular formula is C25H33ClN2O6. The zero-order valence-corrected chi connectivity index (χ0v) is 20.5. The third-order valence-corrected chi connectivity index (χ3v) is 7.83. The SMILES string of the molecule is CCOC(=O)[C@@H]1[C@H]2C(=O)N(CCCCCCO)C(C(=O)Nc3ccccc3Cl)C23CC[C@@]1(C)O3. The second kappa shape index (κ2) is 9.84. The van der Waals surface area contributed by atoms with Gasteiger partial charge in [0.05, 0.1) is 28.8 Å². The van der Waals surface area contributed by atoms with E-state index in [0.29, 0.717) is 42.9 Å². The second-order valence-corrected chi connectivity index (χ2v) is 10.0. The average Bonchev–Trinajstić information content (AvgIpc) is 3.36. The molecule has 1 aromatic rings. The van der Waals surface area contributed by atoms with Gasteiger partial charge >= 0.3 is 5.97 Å². The number of rotatable bonds is 10. The van der Waals surface area contributed by atoms with E-state index in [0.717, 1.165) is 12.8 Å². The molecule has 0 aliphatic carbocycles. The van der Waals surface area contributed by atoms with Crippen LogP contribution in [0.25, 0.3) is 0 Å². The van der Waals surface area contributed by atoms with Crippen LogP contribution in [-0.2, 0) is 23.9 Å². The summed E-state index contributed by atoms with van der Waals surface area (Å²) in [6.07, 6.45) is 4.12. The van der Waals surface area contributed by atoms with Crippen molar-refractivity contribution in [2.24, 2.45) is 11.8 Å². The number of para-hydroxylation sites is 1. The van der Waals surface area contributed by atoms with Crippen molar-refractivity contribution < 1.29 is 29.0 Å². The van der Waals surface area contributed by atoms with Gasteiger partial charge in [0.2, 0.25) is 11.8 Å². The minimum atomic E-state index is -1.08. The lowest BCUT2D eigenvalue weighted by Crippen LogP contribution is -2.53. The van der Waals surface area contributed by atoms with Gasteiger partial charge in [-0.05, 0) is 51.7 Å². The van der Waals surface area contributed by atoms with Crippen LogP contribution >= 0.6 is 11.6 Å². The maximum Gasteiger partial charge on any atom is 0.312 e. The zero-order valence-electron chi connectivity index (χ0n) is 19.7. The molecule has 3 heterocycles. The van der Waals surface area contributed by atoms with Crippen molar-refractivity contribution in [1.29, 1.82) is 0 Å². The smallest absolute Gasteiger partial charge is 0.312 e. The Hall–Kier alpha value is -2.16. The number of hydrogen-bond acceptors (Lipinski definition) is 6. The number of benzene rings is 1. The molecule has 0 radical (unpaired) electrons. The van der Waals surface area contributed by atoms with E-state index < -0.39 is 35.0 Å². The average molecular weight is 493 g/mol. The minimum absolute atomic E-state index is 0.129. The summed E-state index contributed by atoms with van der Waals surface area (Å²) in [6, 6.07) is 6.07. The minimum Gasteiger partial charge on any atom is -0.466 e. The fourth-order valence-electron chi connectivity index (χ4n) is 6.07. The Morgan fingerprint density at radius 2 is 1.97 bits per heavy atom. The van der Waals surface area contributed by atoms with Crippen molar-refractivity contribution in [2.45, 2.75) is 69.6 Å². The van der Waals surface area contributed by atoms with E-state index in [4.69, 9.17) is 26.2 Å². The number of unbranched alkanes of at least 4 members (excludes halogenated alkanes) is 3. The van der Waals surface area contributed by atoms with Gasteiger partial charge < -0.3 is 24.8 Å². The van der Waals surface area contributed by atoms with E-state index >= 15 is 0 Å². The summed E-state index contributed by atoms with van der Waals surface area (Å²) in [5.74, 6) is -2.55. The summed E-state index contributed by atoms with van der Waals surface area (Å²) in [5, 5.41) is 12.3. The predicted molar refractivity (Wildman–Crippen MR) is 126 cm³/mol. The van der Waals surface area contributed by atoms with Gasteiger partial charge in [-0.15, -0.1) is 0 Å². The molecule has 2 bridgehead atoms. The Balaban J connectivity index is 1.66. The number of carbonyl (C=O) groups excluding carboxylic acids is 3. The summed E-state index contributed by atoms with van der Waals surface area (Å²) >= 11 is 6.27. The number of amides is 2. The Morgan fingerprint density at radius 3 is 2.68 bits per heavy atom. The third-order valence-electron chi connectivity index (χ3n) is 7.50. The van der Waals surface area contributed by atoms with Crippen molar-refractivity contribution in [1.82, 2.24) is 4.90 Å². The molecule has 5 atom stereocenters. The first kappa shape index (κ1) is 24.9. The monoisotopic (exact) mass is 492 g/mol. The highest BCUT2D eigenvalue weighted by atomic mass is 35.5. The maximum absolute atomic E-state index is 13.8. The number of ether oxygens (including phenoxy) is 2. The lowest BCUT2D eigenvalue weighted by atomic mass is 9.66. The molecule has 0 aromatic heterocycles.